The summed E-state index contributed by atoms with van der Waals surface area (Å²) in [7, 11) is 0. The largest absolute Gasteiger partial charge is 0.478 e. The highest BCUT2D eigenvalue weighted by atomic mass is 16.4. The minimum atomic E-state index is -0.915. The van der Waals surface area contributed by atoms with Gasteiger partial charge in [-0.05, 0) is 43.3 Å². The quantitative estimate of drug-likeness (QED) is 0.865. The number of nitrogens with one attached hydrogen (secondary N) is 1. The number of aromatic nitrogens is 1. The number of carbonyl (C=O) groups is 1. The molecule has 0 amide bonds. The van der Waals surface area contributed by atoms with Crippen molar-refractivity contribution in [1.82, 2.24) is 4.98 Å². The van der Waals surface area contributed by atoms with Gasteiger partial charge in [-0.3, -0.25) is 4.98 Å². The van der Waals surface area contributed by atoms with Crippen LogP contribution in [0.5, 0.6) is 0 Å². The molecule has 0 saturated heterocycles. The van der Waals surface area contributed by atoms with Gasteiger partial charge < -0.3 is 10.4 Å². The molecule has 18 heavy (non-hydrogen) atoms. The Bertz CT molecular complexity index is 550. The molecule has 2 N–H and O–H groups in total. The van der Waals surface area contributed by atoms with Crippen LogP contribution in [0.4, 0.5) is 5.69 Å². The van der Waals surface area contributed by atoms with Crippen molar-refractivity contribution in [3.05, 3.63) is 59.4 Å². The third-order valence-electron chi connectivity index (χ3n) is 2.55. The van der Waals surface area contributed by atoms with Crippen LogP contribution >= 0.6 is 0 Å². The van der Waals surface area contributed by atoms with E-state index >= 15 is 0 Å². The van der Waals surface area contributed by atoms with Crippen LogP contribution in [-0.4, -0.2) is 16.1 Å². The van der Waals surface area contributed by atoms with E-state index < -0.39 is 5.97 Å². The Morgan fingerprint density at radius 1 is 1.22 bits per heavy atom. The van der Waals surface area contributed by atoms with E-state index in [1.807, 2.05) is 25.1 Å². The number of rotatable bonds is 4. The lowest BCUT2D eigenvalue weighted by Gasteiger charge is -2.06. The maximum Gasteiger partial charge on any atom is 0.335 e. The average molecular weight is 242 g/mol. The molecule has 0 spiro atoms. The summed E-state index contributed by atoms with van der Waals surface area (Å²) in [5.74, 6) is -0.915. The Balaban J connectivity index is 2.00. The summed E-state index contributed by atoms with van der Waals surface area (Å²) in [6.07, 6.45) is 0. The first kappa shape index (κ1) is 12.1. The van der Waals surface area contributed by atoms with Gasteiger partial charge in [0.05, 0.1) is 17.8 Å². The normalized spacial score (nSPS) is 10.1. The zero-order chi connectivity index (χ0) is 13.0. The van der Waals surface area contributed by atoms with Crippen molar-refractivity contribution in [1.29, 1.82) is 0 Å². The highest BCUT2D eigenvalue weighted by molar-refractivity contribution is 5.87. The minimum Gasteiger partial charge on any atom is -0.478 e. The van der Waals surface area contributed by atoms with Crippen LogP contribution in [0.25, 0.3) is 0 Å². The SMILES string of the molecule is Cc1cccc(CNc2ccc(C(=O)O)cc2)n1. The third kappa shape index (κ3) is 3.07. The number of hydrogen-bond acceptors (Lipinski definition) is 3. The molecule has 0 aliphatic heterocycles. The van der Waals surface area contributed by atoms with Gasteiger partial charge in [-0.2, -0.15) is 0 Å². The number of pyridine rings is 1. The number of anilines is 1. The van der Waals surface area contributed by atoms with E-state index in [2.05, 4.69) is 10.3 Å². The average Bonchev–Trinajstić information content (AvgIpc) is 2.37. The molecule has 0 unspecified atom stereocenters. The van der Waals surface area contributed by atoms with Gasteiger partial charge in [0.25, 0.3) is 0 Å². The van der Waals surface area contributed by atoms with E-state index in [-0.39, 0.29) is 5.56 Å². The molecular formula is C14H14N2O2. The molecule has 1 heterocycles. The van der Waals surface area contributed by atoms with Crippen molar-refractivity contribution in [2.45, 2.75) is 13.5 Å². The minimum absolute atomic E-state index is 0.286. The van der Waals surface area contributed by atoms with Crippen LogP contribution < -0.4 is 5.32 Å². The van der Waals surface area contributed by atoms with Crippen LogP contribution in [0.2, 0.25) is 0 Å². The molecule has 4 nitrogen and oxygen atoms in total. The Morgan fingerprint density at radius 2 is 1.94 bits per heavy atom. The number of benzene rings is 1. The topological polar surface area (TPSA) is 62.2 Å². The van der Waals surface area contributed by atoms with E-state index in [9.17, 15) is 4.79 Å². The zero-order valence-corrected chi connectivity index (χ0v) is 10.1. The van der Waals surface area contributed by atoms with Crippen molar-refractivity contribution < 1.29 is 9.90 Å². The van der Waals surface area contributed by atoms with Crippen LogP contribution in [0, 0.1) is 6.92 Å². The zero-order valence-electron chi connectivity index (χ0n) is 10.1. The first-order chi connectivity index (χ1) is 8.65. The molecule has 0 saturated carbocycles. The predicted octanol–water partition coefficient (Wildman–Crippen LogP) is 2.70. The Hall–Kier alpha value is -2.36. The van der Waals surface area contributed by atoms with Gasteiger partial charge in [-0.15, -0.1) is 0 Å². The Kier molecular flexibility index (Phi) is 3.57. The van der Waals surface area contributed by atoms with Gasteiger partial charge in [0, 0.05) is 11.4 Å². The van der Waals surface area contributed by atoms with Crippen molar-refractivity contribution in [2.24, 2.45) is 0 Å². The van der Waals surface area contributed by atoms with E-state index in [0.29, 0.717) is 6.54 Å². The molecule has 0 bridgehead atoms. The Morgan fingerprint density at radius 3 is 2.56 bits per heavy atom. The number of carboxylic acids is 1. The third-order valence-corrected chi connectivity index (χ3v) is 2.55. The smallest absolute Gasteiger partial charge is 0.335 e. The van der Waals surface area contributed by atoms with Crippen molar-refractivity contribution >= 4 is 11.7 Å². The van der Waals surface area contributed by atoms with Gasteiger partial charge in [0.15, 0.2) is 0 Å². The summed E-state index contributed by atoms with van der Waals surface area (Å²) in [4.78, 5) is 15.1. The number of hydrogen-bond donors (Lipinski definition) is 2. The first-order valence-electron chi connectivity index (χ1n) is 5.65. The van der Waals surface area contributed by atoms with Gasteiger partial charge in [0.1, 0.15) is 0 Å². The summed E-state index contributed by atoms with van der Waals surface area (Å²) in [6, 6.07) is 12.5. The van der Waals surface area contributed by atoms with Gasteiger partial charge in [-0.1, -0.05) is 6.07 Å². The van der Waals surface area contributed by atoms with Crippen molar-refractivity contribution in [3.8, 4) is 0 Å². The first-order valence-corrected chi connectivity index (χ1v) is 5.65. The molecular weight excluding hydrogens is 228 g/mol. The number of nitrogens with zero attached hydrogens (tertiary/aromatic N) is 1. The molecule has 0 aliphatic carbocycles. The maximum absolute atomic E-state index is 10.7. The lowest BCUT2D eigenvalue weighted by molar-refractivity contribution is 0.0697. The summed E-state index contributed by atoms with van der Waals surface area (Å²) >= 11 is 0. The fourth-order valence-corrected chi connectivity index (χ4v) is 1.62. The monoisotopic (exact) mass is 242 g/mol. The molecule has 0 atom stereocenters. The number of carboxylic acid groups (broad SMARTS) is 1. The predicted molar refractivity (Wildman–Crippen MR) is 69.7 cm³/mol. The standard InChI is InChI=1S/C14H14N2O2/c1-10-3-2-4-13(16-10)9-15-12-7-5-11(6-8-12)14(17)18/h2-8,15H,9H2,1H3,(H,17,18). The lowest BCUT2D eigenvalue weighted by atomic mass is 10.2. The van der Waals surface area contributed by atoms with Gasteiger partial charge >= 0.3 is 5.97 Å². The molecule has 92 valence electrons. The second-order valence-electron chi connectivity index (χ2n) is 4.01. The molecule has 1 aromatic heterocycles. The van der Waals surface area contributed by atoms with Crippen molar-refractivity contribution in [2.75, 3.05) is 5.32 Å². The lowest BCUT2D eigenvalue weighted by Crippen LogP contribution is -2.03. The van der Waals surface area contributed by atoms with Crippen LogP contribution in [-0.2, 0) is 6.54 Å². The second kappa shape index (κ2) is 5.31. The molecule has 0 fully saturated rings. The highest BCUT2D eigenvalue weighted by Gasteiger charge is 2.01. The van der Waals surface area contributed by atoms with E-state index in [1.165, 1.54) is 0 Å². The van der Waals surface area contributed by atoms with Crippen molar-refractivity contribution in [3.63, 3.8) is 0 Å². The molecule has 2 aromatic rings. The summed E-state index contributed by atoms with van der Waals surface area (Å²) in [5.41, 5.74) is 3.10. The summed E-state index contributed by atoms with van der Waals surface area (Å²) in [6.45, 7) is 2.57. The molecule has 4 heteroatoms. The van der Waals surface area contributed by atoms with E-state index in [4.69, 9.17) is 5.11 Å². The summed E-state index contributed by atoms with van der Waals surface area (Å²) < 4.78 is 0. The Labute approximate surface area is 105 Å². The molecule has 0 radical (unpaired) electrons. The highest BCUT2D eigenvalue weighted by Crippen LogP contribution is 2.10. The fourth-order valence-electron chi connectivity index (χ4n) is 1.62. The van der Waals surface area contributed by atoms with Crippen LogP contribution in [0.1, 0.15) is 21.7 Å². The van der Waals surface area contributed by atoms with Gasteiger partial charge in [-0.25, -0.2) is 4.79 Å². The van der Waals surface area contributed by atoms with Crippen LogP contribution in [0.3, 0.4) is 0 Å². The van der Waals surface area contributed by atoms with Gasteiger partial charge in [0.2, 0.25) is 0 Å². The number of aromatic carboxylic acids is 1. The molecule has 2 rings (SSSR count). The second-order valence-corrected chi connectivity index (χ2v) is 4.01. The molecule has 0 aliphatic rings. The van der Waals surface area contributed by atoms with E-state index in [1.54, 1.807) is 24.3 Å². The fraction of sp³-hybridized carbons (Fsp3) is 0.143. The number of aryl methyl sites for hydroxylation is 1. The van der Waals surface area contributed by atoms with Crippen LogP contribution in [0.15, 0.2) is 42.5 Å². The molecule has 1 aromatic carbocycles. The van der Waals surface area contributed by atoms with E-state index in [0.717, 1.165) is 17.1 Å². The maximum atomic E-state index is 10.7. The summed E-state index contributed by atoms with van der Waals surface area (Å²) in [5, 5.41) is 12.0.